The van der Waals surface area contributed by atoms with Crippen molar-refractivity contribution in [1.82, 2.24) is 5.01 Å². The monoisotopic (exact) mass is 254 g/mol. The Balaban J connectivity index is 3.38. The number of halogens is 1. The largest absolute Gasteiger partial charge is 0.392 e. The summed E-state index contributed by atoms with van der Waals surface area (Å²) in [5.41, 5.74) is 0.428. The molecule has 18 heavy (non-hydrogen) atoms. The first-order valence-corrected chi connectivity index (χ1v) is 5.05. The zero-order valence-electron chi connectivity index (χ0n) is 9.93. The Kier molecular flexibility index (Phi) is 4.38. The minimum Gasteiger partial charge on any atom is -0.392 e. The lowest BCUT2D eigenvalue weighted by atomic mass is 10.1. The minimum atomic E-state index is -0.815. The van der Waals surface area contributed by atoms with Crippen molar-refractivity contribution in [3.63, 3.8) is 0 Å². The average Bonchev–Trinajstić information content (AvgIpc) is 2.36. The number of nitrogens with zero attached hydrogens (tertiary/aromatic N) is 2. The zero-order valence-corrected chi connectivity index (χ0v) is 9.93. The fraction of sp³-hybridized carbons (Fsp3) is 0.182. The summed E-state index contributed by atoms with van der Waals surface area (Å²) in [5.74, 6) is 10.0. The van der Waals surface area contributed by atoms with Crippen LogP contribution in [0.3, 0.4) is 0 Å². The SMILES string of the molecule is C=Cc1ccc(F)c(N(N)C(=O)N(C)N)c1CO. The summed E-state index contributed by atoms with van der Waals surface area (Å²) in [7, 11) is 1.27. The predicted molar refractivity (Wildman–Crippen MR) is 66.4 cm³/mol. The quantitative estimate of drug-likeness (QED) is 0.417. The lowest BCUT2D eigenvalue weighted by Crippen LogP contribution is -2.49. The standard InChI is InChI=1S/C11H15FN4O2/c1-3-7-4-5-9(12)10(8(7)6-17)16(14)11(18)15(2)13/h3-5,17H,1,6,13-14H2,2H3. The topological polar surface area (TPSA) is 95.8 Å². The Morgan fingerprint density at radius 1 is 1.56 bits per heavy atom. The molecule has 0 saturated carbocycles. The molecule has 0 radical (unpaired) electrons. The van der Waals surface area contributed by atoms with Crippen LogP contribution in [0.5, 0.6) is 0 Å². The number of urea groups is 1. The molecule has 0 aliphatic heterocycles. The van der Waals surface area contributed by atoms with E-state index in [0.29, 0.717) is 15.6 Å². The maximum atomic E-state index is 13.7. The Morgan fingerprint density at radius 2 is 2.17 bits per heavy atom. The number of anilines is 1. The minimum absolute atomic E-state index is 0.169. The van der Waals surface area contributed by atoms with E-state index in [1.807, 2.05) is 0 Å². The van der Waals surface area contributed by atoms with Crippen molar-refractivity contribution < 1.29 is 14.3 Å². The van der Waals surface area contributed by atoms with Crippen LogP contribution < -0.4 is 16.7 Å². The van der Waals surface area contributed by atoms with E-state index in [2.05, 4.69) is 6.58 Å². The fourth-order valence-corrected chi connectivity index (χ4v) is 1.51. The van der Waals surface area contributed by atoms with Crippen LogP contribution in [0.1, 0.15) is 11.1 Å². The maximum absolute atomic E-state index is 13.7. The number of rotatable bonds is 3. The van der Waals surface area contributed by atoms with Crippen molar-refractivity contribution in [2.45, 2.75) is 6.61 Å². The van der Waals surface area contributed by atoms with E-state index in [-0.39, 0.29) is 11.3 Å². The third-order valence-electron chi connectivity index (χ3n) is 2.40. The number of carbonyl (C=O) groups is 1. The number of aliphatic hydroxyl groups excluding tert-OH is 1. The van der Waals surface area contributed by atoms with Crippen LogP contribution in [-0.2, 0) is 6.61 Å². The highest BCUT2D eigenvalue weighted by Gasteiger charge is 2.22. The maximum Gasteiger partial charge on any atom is 0.352 e. The van der Waals surface area contributed by atoms with E-state index in [1.165, 1.54) is 19.2 Å². The number of hydrazine groups is 2. The van der Waals surface area contributed by atoms with E-state index < -0.39 is 18.5 Å². The predicted octanol–water partition coefficient (Wildman–Crippen LogP) is 0.567. The fourth-order valence-electron chi connectivity index (χ4n) is 1.51. The van der Waals surface area contributed by atoms with Gasteiger partial charge in [-0.2, -0.15) is 0 Å². The van der Waals surface area contributed by atoms with Gasteiger partial charge in [0.05, 0.1) is 6.61 Å². The van der Waals surface area contributed by atoms with Gasteiger partial charge in [-0.15, -0.1) is 0 Å². The highest BCUT2D eigenvalue weighted by molar-refractivity contribution is 5.91. The summed E-state index contributed by atoms with van der Waals surface area (Å²) in [5, 5.41) is 10.5. The Bertz CT molecular complexity index is 476. The molecule has 0 unspecified atom stereocenters. The third kappa shape index (κ3) is 2.48. The summed E-state index contributed by atoms with van der Waals surface area (Å²) in [6.07, 6.45) is 1.43. The molecule has 0 aliphatic carbocycles. The van der Waals surface area contributed by atoms with Gasteiger partial charge in [-0.05, 0) is 11.6 Å². The van der Waals surface area contributed by atoms with Crippen molar-refractivity contribution in [2.24, 2.45) is 11.7 Å². The lowest BCUT2D eigenvalue weighted by molar-refractivity contribution is 0.216. The highest BCUT2D eigenvalue weighted by Crippen LogP contribution is 2.27. The molecule has 0 bridgehead atoms. The number of amides is 2. The number of nitrogens with two attached hydrogens (primary N) is 2. The second kappa shape index (κ2) is 5.58. The molecule has 0 aromatic heterocycles. The molecular weight excluding hydrogens is 239 g/mol. The first-order valence-electron chi connectivity index (χ1n) is 5.05. The summed E-state index contributed by atoms with van der Waals surface area (Å²) < 4.78 is 13.7. The molecule has 7 heteroatoms. The number of hydrogen-bond donors (Lipinski definition) is 3. The lowest BCUT2D eigenvalue weighted by Gasteiger charge is -2.24. The van der Waals surface area contributed by atoms with Gasteiger partial charge in [0, 0.05) is 12.6 Å². The summed E-state index contributed by atoms with van der Waals surface area (Å²) >= 11 is 0. The summed E-state index contributed by atoms with van der Waals surface area (Å²) in [6.45, 7) is 3.05. The van der Waals surface area contributed by atoms with E-state index in [0.717, 1.165) is 6.07 Å². The van der Waals surface area contributed by atoms with Crippen molar-refractivity contribution in [2.75, 3.05) is 12.1 Å². The summed E-state index contributed by atoms with van der Waals surface area (Å²) in [4.78, 5) is 11.6. The molecule has 98 valence electrons. The molecule has 5 N–H and O–H groups in total. The molecule has 0 heterocycles. The van der Waals surface area contributed by atoms with Gasteiger partial charge in [-0.25, -0.2) is 25.9 Å². The molecule has 0 spiro atoms. The van der Waals surface area contributed by atoms with Crippen LogP contribution in [0.4, 0.5) is 14.9 Å². The Hall–Kier alpha value is -1.96. The first-order chi connectivity index (χ1) is 8.43. The van der Waals surface area contributed by atoms with Crippen LogP contribution in [0.15, 0.2) is 18.7 Å². The van der Waals surface area contributed by atoms with Gasteiger partial charge in [-0.1, -0.05) is 18.7 Å². The van der Waals surface area contributed by atoms with Gasteiger partial charge in [0.15, 0.2) is 0 Å². The molecule has 0 atom stereocenters. The van der Waals surface area contributed by atoms with Crippen LogP contribution in [0.2, 0.25) is 0 Å². The molecule has 0 aliphatic rings. The van der Waals surface area contributed by atoms with E-state index in [4.69, 9.17) is 11.7 Å². The second-order valence-electron chi connectivity index (χ2n) is 3.59. The highest BCUT2D eigenvalue weighted by atomic mass is 19.1. The molecular formula is C11H15FN4O2. The molecule has 1 aromatic rings. The molecule has 6 nitrogen and oxygen atoms in total. The van der Waals surface area contributed by atoms with Gasteiger partial charge >= 0.3 is 6.03 Å². The van der Waals surface area contributed by atoms with Crippen molar-refractivity contribution in [1.29, 1.82) is 0 Å². The summed E-state index contributed by atoms with van der Waals surface area (Å²) in [6, 6.07) is 1.75. The normalized spacial score (nSPS) is 10.1. The first kappa shape index (κ1) is 14.1. The van der Waals surface area contributed by atoms with Gasteiger partial charge < -0.3 is 5.11 Å². The van der Waals surface area contributed by atoms with E-state index in [1.54, 1.807) is 0 Å². The molecule has 1 rings (SSSR count). The Labute approximate surface area is 104 Å². The van der Waals surface area contributed by atoms with Crippen molar-refractivity contribution >= 4 is 17.8 Å². The molecule has 0 saturated heterocycles. The van der Waals surface area contributed by atoms with Crippen molar-refractivity contribution in [3.05, 3.63) is 35.7 Å². The Morgan fingerprint density at radius 3 is 2.61 bits per heavy atom. The molecule has 1 aromatic carbocycles. The van der Waals surface area contributed by atoms with Crippen LogP contribution >= 0.6 is 0 Å². The molecule has 0 fully saturated rings. The van der Waals surface area contributed by atoms with Crippen LogP contribution in [0.25, 0.3) is 6.08 Å². The zero-order chi connectivity index (χ0) is 13.9. The smallest absolute Gasteiger partial charge is 0.352 e. The third-order valence-corrected chi connectivity index (χ3v) is 2.40. The van der Waals surface area contributed by atoms with Gasteiger partial charge in [0.2, 0.25) is 0 Å². The van der Waals surface area contributed by atoms with E-state index in [9.17, 15) is 14.3 Å². The molecule has 2 amide bonds. The number of hydrogen-bond acceptors (Lipinski definition) is 4. The van der Waals surface area contributed by atoms with Crippen LogP contribution in [0, 0.1) is 5.82 Å². The average molecular weight is 254 g/mol. The number of carbonyl (C=O) groups excluding carboxylic acids is 1. The second-order valence-corrected chi connectivity index (χ2v) is 3.59. The van der Waals surface area contributed by atoms with Crippen LogP contribution in [-0.4, -0.2) is 23.2 Å². The van der Waals surface area contributed by atoms with Crippen molar-refractivity contribution in [3.8, 4) is 0 Å². The van der Waals surface area contributed by atoms with Gasteiger partial charge in [0.1, 0.15) is 11.5 Å². The van der Waals surface area contributed by atoms with E-state index >= 15 is 0 Å². The number of aliphatic hydroxyl groups is 1. The van der Waals surface area contributed by atoms with Gasteiger partial charge in [-0.3, -0.25) is 5.01 Å². The van der Waals surface area contributed by atoms with Gasteiger partial charge in [0.25, 0.3) is 0 Å². The number of benzene rings is 1.